The Kier molecular flexibility index (Phi) is 4.36. The fourth-order valence-corrected chi connectivity index (χ4v) is 4.86. The second kappa shape index (κ2) is 6.21. The molecular weight excluding hydrogens is 270 g/mol. The van der Waals surface area contributed by atoms with Crippen molar-refractivity contribution < 1.29 is 0 Å². The zero-order valence-corrected chi connectivity index (χ0v) is 13.1. The molecule has 0 amide bonds. The molecule has 3 rings (SSSR count). The topological polar surface area (TPSA) is 12.0 Å². The van der Waals surface area contributed by atoms with Gasteiger partial charge in [0.1, 0.15) is 0 Å². The summed E-state index contributed by atoms with van der Waals surface area (Å²) in [5, 5.41) is 8.12. The lowest BCUT2D eigenvalue weighted by molar-refractivity contribution is 0.558. The van der Waals surface area contributed by atoms with Crippen molar-refractivity contribution in [2.75, 3.05) is 6.54 Å². The predicted octanol–water partition coefficient (Wildman–Crippen LogP) is 4.58. The first-order chi connectivity index (χ1) is 9.36. The van der Waals surface area contributed by atoms with E-state index in [1.54, 1.807) is 26.7 Å². The molecule has 102 valence electrons. The van der Waals surface area contributed by atoms with Crippen molar-refractivity contribution in [2.24, 2.45) is 0 Å². The fourth-order valence-electron chi connectivity index (χ4n) is 2.85. The standard InChI is InChI=1S/C16H21NS2/c1-2-17-14(9-12-7-8-18-11-12)16-10-13-5-3-4-6-15(13)19-16/h7-8,10-11,14,17H,2-6,9H2,1H3. The van der Waals surface area contributed by atoms with Crippen LogP contribution in [0.3, 0.4) is 0 Å². The molecule has 0 radical (unpaired) electrons. The molecule has 1 atom stereocenters. The molecule has 0 spiro atoms. The van der Waals surface area contributed by atoms with Crippen LogP contribution in [0.5, 0.6) is 0 Å². The number of thiophene rings is 2. The summed E-state index contributed by atoms with van der Waals surface area (Å²) in [6.45, 7) is 3.24. The molecule has 1 nitrogen and oxygen atoms in total. The van der Waals surface area contributed by atoms with Crippen molar-refractivity contribution in [1.82, 2.24) is 5.32 Å². The average Bonchev–Trinajstić information content (AvgIpc) is 3.06. The Labute approximate surface area is 123 Å². The van der Waals surface area contributed by atoms with E-state index in [-0.39, 0.29) is 0 Å². The van der Waals surface area contributed by atoms with Gasteiger partial charge in [-0.2, -0.15) is 11.3 Å². The van der Waals surface area contributed by atoms with Gasteiger partial charge in [0.05, 0.1) is 0 Å². The van der Waals surface area contributed by atoms with Crippen LogP contribution in [0.2, 0.25) is 0 Å². The number of nitrogens with one attached hydrogen (secondary N) is 1. The van der Waals surface area contributed by atoms with Crippen molar-refractivity contribution in [3.8, 4) is 0 Å². The third-order valence-corrected chi connectivity index (χ3v) is 5.91. The van der Waals surface area contributed by atoms with Gasteiger partial charge in [0.2, 0.25) is 0 Å². The molecule has 2 aromatic heterocycles. The number of likely N-dealkylation sites (N-methyl/N-ethyl adjacent to an activating group) is 1. The van der Waals surface area contributed by atoms with Gasteiger partial charge in [-0.15, -0.1) is 11.3 Å². The first-order valence-electron chi connectivity index (χ1n) is 7.22. The van der Waals surface area contributed by atoms with Crippen LogP contribution in [-0.2, 0) is 19.3 Å². The first kappa shape index (κ1) is 13.3. The molecule has 0 aromatic carbocycles. The minimum absolute atomic E-state index is 0.496. The molecule has 3 heteroatoms. The maximum Gasteiger partial charge on any atom is 0.0456 e. The van der Waals surface area contributed by atoms with Crippen LogP contribution in [0, 0.1) is 0 Å². The van der Waals surface area contributed by atoms with Crippen molar-refractivity contribution in [3.05, 3.63) is 43.8 Å². The summed E-state index contributed by atoms with van der Waals surface area (Å²) in [6, 6.07) is 5.22. The third kappa shape index (κ3) is 3.10. The second-order valence-corrected chi connectivity index (χ2v) is 7.20. The molecule has 0 fully saturated rings. The van der Waals surface area contributed by atoms with Crippen LogP contribution < -0.4 is 5.32 Å². The lowest BCUT2D eigenvalue weighted by Crippen LogP contribution is -2.21. The Morgan fingerprint density at radius 3 is 2.95 bits per heavy atom. The van der Waals surface area contributed by atoms with E-state index in [9.17, 15) is 0 Å². The number of hydrogen-bond donors (Lipinski definition) is 1. The summed E-state index contributed by atoms with van der Waals surface area (Å²) in [5.41, 5.74) is 3.08. The molecule has 2 aromatic rings. The smallest absolute Gasteiger partial charge is 0.0456 e. The summed E-state index contributed by atoms with van der Waals surface area (Å²) < 4.78 is 0. The van der Waals surface area contributed by atoms with Crippen LogP contribution in [0.25, 0.3) is 0 Å². The van der Waals surface area contributed by atoms with Crippen LogP contribution in [0.4, 0.5) is 0 Å². The van der Waals surface area contributed by atoms with Gasteiger partial charge in [0, 0.05) is 15.8 Å². The molecule has 0 aliphatic heterocycles. The van der Waals surface area contributed by atoms with Gasteiger partial charge in [-0.3, -0.25) is 0 Å². The highest BCUT2D eigenvalue weighted by molar-refractivity contribution is 7.12. The Balaban J connectivity index is 1.80. The molecule has 0 saturated carbocycles. The molecule has 0 bridgehead atoms. The van der Waals surface area contributed by atoms with Gasteiger partial charge in [0.15, 0.2) is 0 Å². The molecule has 1 aliphatic carbocycles. The van der Waals surface area contributed by atoms with E-state index in [2.05, 4.69) is 35.1 Å². The number of aryl methyl sites for hydroxylation is 2. The minimum atomic E-state index is 0.496. The molecule has 2 heterocycles. The molecule has 1 unspecified atom stereocenters. The highest BCUT2D eigenvalue weighted by Crippen LogP contribution is 2.34. The van der Waals surface area contributed by atoms with Crippen molar-refractivity contribution >= 4 is 22.7 Å². The predicted molar refractivity (Wildman–Crippen MR) is 85.4 cm³/mol. The maximum atomic E-state index is 3.66. The van der Waals surface area contributed by atoms with Gasteiger partial charge in [0.25, 0.3) is 0 Å². The second-order valence-electron chi connectivity index (χ2n) is 5.25. The van der Waals surface area contributed by atoms with E-state index in [0.717, 1.165) is 13.0 Å². The van der Waals surface area contributed by atoms with Crippen LogP contribution in [-0.4, -0.2) is 6.54 Å². The SMILES string of the molecule is CCNC(Cc1ccsc1)c1cc2c(s1)CCCC2. The fraction of sp³-hybridized carbons (Fsp3) is 0.500. The number of hydrogen-bond acceptors (Lipinski definition) is 3. The van der Waals surface area contributed by atoms with E-state index in [0.29, 0.717) is 6.04 Å². The van der Waals surface area contributed by atoms with Crippen molar-refractivity contribution in [3.63, 3.8) is 0 Å². The third-order valence-electron chi connectivity index (χ3n) is 3.83. The van der Waals surface area contributed by atoms with Gasteiger partial charge in [-0.1, -0.05) is 6.92 Å². The van der Waals surface area contributed by atoms with Crippen LogP contribution in [0.1, 0.15) is 46.7 Å². The quantitative estimate of drug-likeness (QED) is 0.850. The number of fused-ring (bicyclic) bond motifs is 1. The normalized spacial score (nSPS) is 16.3. The molecule has 1 N–H and O–H groups in total. The number of rotatable bonds is 5. The lowest BCUT2D eigenvalue weighted by Gasteiger charge is -2.15. The Bertz CT molecular complexity index is 489. The van der Waals surface area contributed by atoms with Gasteiger partial charge < -0.3 is 5.32 Å². The van der Waals surface area contributed by atoms with Crippen LogP contribution >= 0.6 is 22.7 Å². The van der Waals surface area contributed by atoms with E-state index in [4.69, 9.17) is 0 Å². The molecule has 0 saturated heterocycles. The molecular formula is C16H21NS2. The molecule has 19 heavy (non-hydrogen) atoms. The largest absolute Gasteiger partial charge is 0.309 e. The monoisotopic (exact) mass is 291 g/mol. The average molecular weight is 291 g/mol. The van der Waals surface area contributed by atoms with Crippen molar-refractivity contribution in [2.45, 2.75) is 45.1 Å². The maximum absolute atomic E-state index is 3.66. The van der Waals surface area contributed by atoms with Crippen molar-refractivity contribution in [1.29, 1.82) is 0 Å². The summed E-state index contributed by atoms with van der Waals surface area (Å²) in [4.78, 5) is 3.19. The van der Waals surface area contributed by atoms with Gasteiger partial charge in [-0.25, -0.2) is 0 Å². The van der Waals surface area contributed by atoms with E-state index in [1.807, 2.05) is 11.3 Å². The summed E-state index contributed by atoms with van der Waals surface area (Å²) in [7, 11) is 0. The zero-order chi connectivity index (χ0) is 13.1. The summed E-state index contributed by atoms with van der Waals surface area (Å²) in [6.07, 6.45) is 6.47. The highest BCUT2D eigenvalue weighted by atomic mass is 32.1. The zero-order valence-electron chi connectivity index (χ0n) is 11.4. The van der Waals surface area contributed by atoms with Crippen LogP contribution in [0.15, 0.2) is 22.9 Å². The van der Waals surface area contributed by atoms with E-state index >= 15 is 0 Å². The Morgan fingerprint density at radius 1 is 1.32 bits per heavy atom. The first-order valence-corrected chi connectivity index (χ1v) is 8.98. The molecule has 1 aliphatic rings. The lowest BCUT2D eigenvalue weighted by atomic mass is 9.98. The van der Waals surface area contributed by atoms with Gasteiger partial charge >= 0.3 is 0 Å². The Hall–Kier alpha value is -0.640. The summed E-state index contributed by atoms with van der Waals surface area (Å²) in [5.74, 6) is 0. The van der Waals surface area contributed by atoms with E-state index < -0.39 is 0 Å². The Morgan fingerprint density at radius 2 is 2.21 bits per heavy atom. The minimum Gasteiger partial charge on any atom is -0.309 e. The van der Waals surface area contributed by atoms with Gasteiger partial charge in [-0.05, 0) is 72.7 Å². The summed E-state index contributed by atoms with van der Waals surface area (Å²) >= 11 is 3.84. The van der Waals surface area contributed by atoms with E-state index in [1.165, 1.54) is 31.2 Å². The highest BCUT2D eigenvalue weighted by Gasteiger charge is 2.19.